The summed E-state index contributed by atoms with van der Waals surface area (Å²) in [6.45, 7) is 4.75. The molecule has 2 rings (SSSR count). The number of halogens is 2. The molecule has 1 heterocycles. The number of nitrogens with one attached hydrogen (secondary N) is 1. The van der Waals surface area contributed by atoms with Crippen molar-refractivity contribution in [2.24, 2.45) is 5.92 Å². The molecule has 0 aliphatic carbocycles. The molecule has 1 N–H and O–H groups in total. The summed E-state index contributed by atoms with van der Waals surface area (Å²) in [5.41, 5.74) is 1.04. The topological polar surface area (TPSA) is 21.3 Å². The summed E-state index contributed by atoms with van der Waals surface area (Å²) in [6.07, 6.45) is 3.03. The van der Waals surface area contributed by atoms with Gasteiger partial charge in [-0.3, -0.25) is 0 Å². The van der Waals surface area contributed by atoms with Gasteiger partial charge in [-0.25, -0.2) is 4.39 Å². The van der Waals surface area contributed by atoms with Crippen LogP contribution in [0.15, 0.2) is 22.7 Å². The van der Waals surface area contributed by atoms with Gasteiger partial charge in [0, 0.05) is 23.7 Å². The maximum atomic E-state index is 13.4. The number of likely N-dealkylation sites (N-methyl/N-ethyl adjacent to an activating group) is 1. The van der Waals surface area contributed by atoms with Gasteiger partial charge in [0.25, 0.3) is 0 Å². The second kappa shape index (κ2) is 7.36. The van der Waals surface area contributed by atoms with Crippen molar-refractivity contribution in [2.45, 2.75) is 32.2 Å². The number of ether oxygens (including phenoxy) is 1. The number of rotatable bonds is 5. The number of benzene rings is 1. The van der Waals surface area contributed by atoms with E-state index in [9.17, 15) is 4.39 Å². The molecule has 1 saturated heterocycles. The Kier molecular flexibility index (Phi) is 5.79. The summed E-state index contributed by atoms with van der Waals surface area (Å²) < 4.78 is 19.8. The summed E-state index contributed by atoms with van der Waals surface area (Å²) >= 11 is 3.51. The summed E-state index contributed by atoms with van der Waals surface area (Å²) in [5.74, 6) is 0.448. The van der Waals surface area contributed by atoms with E-state index in [1.165, 1.54) is 6.07 Å². The Labute approximate surface area is 122 Å². The van der Waals surface area contributed by atoms with Crippen LogP contribution in [0.2, 0.25) is 0 Å². The van der Waals surface area contributed by atoms with Crippen molar-refractivity contribution in [3.05, 3.63) is 34.1 Å². The van der Waals surface area contributed by atoms with E-state index in [-0.39, 0.29) is 5.82 Å². The van der Waals surface area contributed by atoms with Gasteiger partial charge in [0.2, 0.25) is 0 Å². The van der Waals surface area contributed by atoms with Crippen LogP contribution in [0.25, 0.3) is 0 Å². The lowest BCUT2D eigenvalue weighted by Gasteiger charge is -2.31. The van der Waals surface area contributed by atoms with Gasteiger partial charge < -0.3 is 10.1 Å². The van der Waals surface area contributed by atoms with Crippen molar-refractivity contribution in [1.29, 1.82) is 0 Å². The lowest BCUT2D eigenvalue weighted by atomic mass is 9.87. The molecule has 0 aromatic heterocycles. The molecule has 1 aromatic rings. The van der Waals surface area contributed by atoms with Crippen LogP contribution in [0.4, 0.5) is 4.39 Å². The van der Waals surface area contributed by atoms with Gasteiger partial charge >= 0.3 is 0 Å². The van der Waals surface area contributed by atoms with Crippen LogP contribution in [-0.2, 0) is 11.2 Å². The third-order valence-corrected chi connectivity index (χ3v) is 4.52. The molecule has 0 saturated carbocycles. The molecular weight excluding hydrogens is 309 g/mol. The van der Waals surface area contributed by atoms with Crippen molar-refractivity contribution in [3.8, 4) is 0 Å². The zero-order valence-electron chi connectivity index (χ0n) is 11.3. The molecule has 1 fully saturated rings. The maximum Gasteiger partial charge on any atom is 0.123 e. The minimum absolute atomic E-state index is 0.166. The predicted octanol–water partition coefficient (Wildman–Crippen LogP) is 3.54. The number of hydrogen-bond donors (Lipinski definition) is 1. The highest BCUT2D eigenvalue weighted by atomic mass is 79.9. The van der Waals surface area contributed by atoms with Crippen LogP contribution < -0.4 is 5.32 Å². The third-order valence-electron chi connectivity index (χ3n) is 3.75. The van der Waals surface area contributed by atoms with Gasteiger partial charge in [0.1, 0.15) is 5.82 Å². The molecule has 19 heavy (non-hydrogen) atoms. The van der Waals surface area contributed by atoms with Gasteiger partial charge in [-0.2, -0.15) is 0 Å². The highest BCUT2D eigenvalue weighted by molar-refractivity contribution is 9.10. The molecule has 2 nitrogen and oxygen atoms in total. The van der Waals surface area contributed by atoms with Crippen molar-refractivity contribution >= 4 is 15.9 Å². The average molecular weight is 330 g/mol. The molecule has 0 spiro atoms. The quantitative estimate of drug-likeness (QED) is 0.892. The van der Waals surface area contributed by atoms with Crippen molar-refractivity contribution in [1.82, 2.24) is 5.32 Å². The van der Waals surface area contributed by atoms with Crippen LogP contribution in [0, 0.1) is 11.7 Å². The molecule has 1 atom stereocenters. The van der Waals surface area contributed by atoms with Crippen LogP contribution in [0.3, 0.4) is 0 Å². The molecule has 106 valence electrons. The fourth-order valence-corrected chi connectivity index (χ4v) is 3.13. The average Bonchev–Trinajstić information content (AvgIpc) is 2.43. The zero-order chi connectivity index (χ0) is 13.7. The van der Waals surface area contributed by atoms with Gasteiger partial charge in [-0.15, -0.1) is 0 Å². The Bertz CT molecular complexity index is 407. The smallest absolute Gasteiger partial charge is 0.123 e. The molecule has 0 amide bonds. The largest absolute Gasteiger partial charge is 0.381 e. The van der Waals surface area contributed by atoms with Gasteiger partial charge in [0.05, 0.1) is 0 Å². The van der Waals surface area contributed by atoms with E-state index in [0.29, 0.717) is 12.0 Å². The molecule has 1 unspecified atom stereocenters. The maximum absolute atomic E-state index is 13.4. The minimum atomic E-state index is -0.166. The summed E-state index contributed by atoms with van der Waals surface area (Å²) in [7, 11) is 0. The molecule has 0 radical (unpaired) electrons. The molecule has 4 heteroatoms. The molecule has 0 bridgehead atoms. The summed E-state index contributed by atoms with van der Waals surface area (Å²) in [5, 5.41) is 3.55. The molecular formula is C15H21BrFNO. The Hall–Kier alpha value is -0.450. The normalized spacial score (nSPS) is 18.5. The first-order valence-corrected chi connectivity index (χ1v) is 7.75. The van der Waals surface area contributed by atoms with E-state index in [1.54, 1.807) is 12.1 Å². The first-order chi connectivity index (χ1) is 9.20. The third kappa shape index (κ3) is 4.26. The van der Waals surface area contributed by atoms with Crippen molar-refractivity contribution in [2.75, 3.05) is 19.8 Å². The molecule has 1 aromatic carbocycles. The summed E-state index contributed by atoms with van der Waals surface area (Å²) in [4.78, 5) is 0. The lowest BCUT2D eigenvalue weighted by molar-refractivity contribution is 0.0539. The summed E-state index contributed by atoms with van der Waals surface area (Å²) in [6, 6.07) is 5.31. The van der Waals surface area contributed by atoms with Gasteiger partial charge in [0.15, 0.2) is 0 Å². The Morgan fingerprint density at radius 3 is 2.84 bits per heavy atom. The minimum Gasteiger partial charge on any atom is -0.381 e. The highest BCUT2D eigenvalue weighted by Crippen LogP contribution is 2.25. The molecule has 1 aliphatic heterocycles. The highest BCUT2D eigenvalue weighted by Gasteiger charge is 2.24. The fraction of sp³-hybridized carbons (Fsp3) is 0.600. The van der Waals surface area contributed by atoms with E-state index >= 15 is 0 Å². The second-order valence-corrected chi connectivity index (χ2v) is 5.91. The van der Waals surface area contributed by atoms with Crippen LogP contribution >= 0.6 is 15.9 Å². The van der Waals surface area contributed by atoms with Crippen LogP contribution in [0.5, 0.6) is 0 Å². The lowest BCUT2D eigenvalue weighted by Crippen LogP contribution is -2.40. The fourth-order valence-electron chi connectivity index (χ4n) is 2.72. The standard InChI is InChI=1S/C15H21BrFNO/c1-2-18-15(11-5-7-19-8-6-11)10-12-9-13(17)3-4-14(12)16/h3-4,9,11,15,18H,2,5-8,10H2,1H3. The first-order valence-electron chi connectivity index (χ1n) is 6.95. The van der Waals surface area contributed by atoms with E-state index < -0.39 is 0 Å². The second-order valence-electron chi connectivity index (χ2n) is 5.05. The number of hydrogen-bond acceptors (Lipinski definition) is 2. The van der Waals surface area contributed by atoms with Crippen molar-refractivity contribution in [3.63, 3.8) is 0 Å². The van der Waals surface area contributed by atoms with E-state index in [1.807, 2.05) is 0 Å². The van der Waals surface area contributed by atoms with Crippen molar-refractivity contribution < 1.29 is 9.13 Å². The Morgan fingerprint density at radius 1 is 1.42 bits per heavy atom. The predicted molar refractivity (Wildman–Crippen MR) is 78.8 cm³/mol. The molecule has 1 aliphatic rings. The van der Waals surface area contributed by atoms with Gasteiger partial charge in [-0.05, 0) is 55.5 Å². The van der Waals surface area contributed by atoms with E-state index in [0.717, 1.165) is 49.1 Å². The zero-order valence-corrected chi connectivity index (χ0v) is 12.9. The Morgan fingerprint density at radius 2 is 2.16 bits per heavy atom. The van der Waals surface area contributed by atoms with E-state index in [2.05, 4.69) is 28.2 Å². The van der Waals surface area contributed by atoms with E-state index in [4.69, 9.17) is 4.74 Å². The van der Waals surface area contributed by atoms with Crippen LogP contribution in [0.1, 0.15) is 25.3 Å². The van der Waals surface area contributed by atoms with Crippen LogP contribution in [-0.4, -0.2) is 25.8 Å². The SMILES string of the molecule is CCNC(Cc1cc(F)ccc1Br)C1CCOCC1. The Balaban J connectivity index is 2.08. The van der Waals surface area contributed by atoms with Gasteiger partial charge in [-0.1, -0.05) is 22.9 Å². The monoisotopic (exact) mass is 329 g/mol. The first kappa shape index (κ1) is 14.9.